The zero-order valence-electron chi connectivity index (χ0n) is 10.5. The van der Waals surface area contributed by atoms with Gasteiger partial charge in [-0.2, -0.15) is 0 Å². The molecular weight excluding hydrogens is 260 g/mol. The minimum absolute atomic E-state index is 0.00333. The number of imide groups is 1. The van der Waals surface area contributed by atoms with Crippen LogP contribution in [0.5, 0.6) is 0 Å². The summed E-state index contributed by atoms with van der Waals surface area (Å²) in [7, 11) is 0. The normalized spacial score (nSPS) is 24.9. The molecule has 0 bridgehead atoms. The molecule has 1 N–H and O–H groups in total. The number of allylic oxidation sites excluding steroid dienone is 2. The van der Waals surface area contributed by atoms with Crippen LogP contribution in [-0.4, -0.2) is 27.9 Å². The summed E-state index contributed by atoms with van der Waals surface area (Å²) in [4.78, 5) is 40.6. The molecule has 1 aromatic heterocycles. The van der Waals surface area contributed by atoms with Crippen molar-refractivity contribution in [3.63, 3.8) is 0 Å². The number of aromatic nitrogens is 1. The highest BCUT2D eigenvalue weighted by Crippen LogP contribution is 2.37. The molecule has 2 aliphatic rings. The summed E-state index contributed by atoms with van der Waals surface area (Å²) in [5, 5.41) is 8.96. The third kappa shape index (κ3) is 1.80. The van der Waals surface area contributed by atoms with Crippen LogP contribution in [0.2, 0.25) is 0 Å². The number of nitrogens with zero attached hydrogens (tertiary/aromatic N) is 2. The van der Waals surface area contributed by atoms with E-state index in [9.17, 15) is 14.4 Å². The summed E-state index contributed by atoms with van der Waals surface area (Å²) >= 11 is 0. The molecule has 102 valence electrons. The van der Waals surface area contributed by atoms with Crippen molar-refractivity contribution < 1.29 is 19.5 Å². The third-order valence-electron chi connectivity index (χ3n) is 3.73. The zero-order valence-corrected chi connectivity index (χ0v) is 10.5. The number of carbonyl (C=O) groups is 3. The topological polar surface area (TPSA) is 87.6 Å². The molecule has 2 unspecified atom stereocenters. The molecular formula is C14H12N2O4. The van der Waals surface area contributed by atoms with E-state index >= 15 is 0 Å². The van der Waals surface area contributed by atoms with Gasteiger partial charge < -0.3 is 5.11 Å². The first kappa shape index (κ1) is 12.5. The van der Waals surface area contributed by atoms with Gasteiger partial charge in [-0.05, 0) is 25.0 Å². The maximum Gasteiger partial charge on any atom is 0.335 e. The molecule has 0 spiro atoms. The highest BCUT2D eigenvalue weighted by Gasteiger charge is 2.48. The van der Waals surface area contributed by atoms with Crippen LogP contribution < -0.4 is 4.90 Å². The smallest absolute Gasteiger partial charge is 0.335 e. The van der Waals surface area contributed by atoms with Crippen LogP contribution in [-0.2, 0) is 9.59 Å². The lowest BCUT2D eigenvalue weighted by molar-refractivity contribution is -0.122. The first-order valence-corrected chi connectivity index (χ1v) is 6.31. The molecule has 2 heterocycles. The number of carboxylic acid groups (broad SMARTS) is 1. The molecule has 1 saturated heterocycles. The lowest BCUT2D eigenvalue weighted by Crippen LogP contribution is -2.31. The summed E-state index contributed by atoms with van der Waals surface area (Å²) in [6.45, 7) is 0. The third-order valence-corrected chi connectivity index (χ3v) is 3.73. The van der Waals surface area contributed by atoms with E-state index in [2.05, 4.69) is 4.98 Å². The molecule has 2 amide bonds. The number of anilines is 1. The van der Waals surface area contributed by atoms with Crippen LogP contribution in [0, 0.1) is 11.8 Å². The second-order valence-electron chi connectivity index (χ2n) is 4.88. The van der Waals surface area contributed by atoms with Gasteiger partial charge in [-0.3, -0.25) is 9.59 Å². The van der Waals surface area contributed by atoms with Crippen LogP contribution in [0.3, 0.4) is 0 Å². The van der Waals surface area contributed by atoms with Crippen LogP contribution in [0.15, 0.2) is 30.5 Å². The number of amides is 2. The average molecular weight is 272 g/mol. The second-order valence-corrected chi connectivity index (χ2v) is 4.88. The first-order valence-electron chi connectivity index (χ1n) is 6.31. The van der Waals surface area contributed by atoms with Gasteiger partial charge in [-0.1, -0.05) is 12.2 Å². The Bertz CT molecular complexity index is 612. The Labute approximate surface area is 114 Å². The highest BCUT2D eigenvalue weighted by molar-refractivity contribution is 6.21. The van der Waals surface area contributed by atoms with E-state index in [4.69, 9.17) is 5.11 Å². The van der Waals surface area contributed by atoms with Crippen molar-refractivity contribution in [3.8, 4) is 0 Å². The minimum Gasteiger partial charge on any atom is -0.478 e. The van der Waals surface area contributed by atoms with Crippen molar-refractivity contribution in [1.82, 2.24) is 4.98 Å². The van der Waals surface area contributed by atoms with E-state index in [0.717, 1.165) is 4.90 Å². The molecule has 3 rings (SSSR count). The van der Waals surface area contributed by atoms with Crippen molar-refractivity contribution >= 4 is 23.6 Å². The quantitative estimate of drug-likeness (QED) is 0.646. The lowest BCUT2D eigenvalue weighted by atomic mass is 9.85. The van der Waals surface area contributed by atoms with E-state index in [0.29, 0.717) is 12.8 Å². The summed E-state index contributed by atoms with van der Waals surface area (Å²) in [5.41, 5.74) is 0.00333. The van der Waals surface area contributed by atoms with Crippen LogP contribution >= 0.6 is 0 Å². The van der Waals surface area contributed by atoms with Crippen LogP contribution in [0.4, 0.5) is 5.82 Å². The molecule has 20 heavy (non-hydrogen) atoms. The molecule has 6 heteroatoms. The van der Waals surface area contributed by atoms with Crippen molar-refractivity contribution in [2.24, 2.45) is 11.8 Å². The van der Waals surface area contributed by atoms with Gasteiger partial charge in [0.25, 0.3) is 0 Å². The standard InChI is InChI=1S/C14H12N2O4/c17-12-9-3-1-2-4-10(9)13(18)16(12)11-7-8(14(19)20)5-6-15-11/h1-2,5-7,9-10H,3-4H2,(H,19,20). The number of hydrogen-bond donors (Lipinski definition) is 1. The van der Waals surface area contributed by atoms with Gasteiger partial charge in [0.2, 0.25) is 11.8 Å². The Morgan fingerprint density at radius 1 is 1.20 bits per heavy atom. The minimum atomic E-state index is -1.12. The average Bonchev–Trinajstić information content (AvgIpc) is 2.72. The second kappa shape index (κ2) is 4.56. The van der Waals surface area contributed by atoms with Crippen molar-refractivity contribution in [1.29, 1.82) is 0 Å². The Morgan fingerprint density at radius 3 is 2.35 bits per heavy atom. The van der Waals surface area contributed by atoms with Gasteiger partial charge in [-0.15, -0.1) is 0 Å². The number of carboxylic acids is 1. The molecule has 2 atom stereocenters. The number of aromatic carboxylic acids is 1. The molecule has 1 fully saturated rings. The fourth-order valence-electron chi connectivity index (χ4n) is 2.70. The van der Waals surface area contributed by atoms with E-state index in [-0.39, 0.29) is 35.0 Å². The largest absolute Gasteiger partial charge is 0.478 e. The van der Waals surface area contributed by atoms with Gasteiger partial charge in [-0.25, -0.2) is 14.7 Å². The fourth-order valence-corrected chi connectivity index (χ4v) is 2.70. The fraction of sp³-hybridized carbons (Fsp3) is 0.286. The molecule has 1 aliphatic heterocycles. The molecule has 1 aliphatic carbocycles. The predicted octanol–water partition coefficient (Wildman–Crippen LogP) is 1.24. The van der Waals surface area contributed by atoms with Crippen molar-refractivity contribution in [3.05, 3.63) is 36.0 Å². The Hall–Kier alpha value is -2.50. The monoisotopic (exact) mass is 272 g/mol. The Kier molecular flexibility index (Phi) is 2.85. The van der Waals surface area contributed by atoms with E-state index in [1.807, 2.05) is 12.2 Å². The SMILES string of the molecule is O=C(O)c1ccnc(N2C(=O)C3CC=CCC3C2=O)c1. The highest BCUT2D eigenvalue weighted by atomic mass is 16.4. The zero-order chi connectivity index (χ0) is 14.3. The molecule has 1 aromatic rings. The lowest BCUT2D eigenvalue weighted by Gasteiger charge is -2.14. The van der Waals surface area contributed by atoms with Gasteiger partial charge in [0.05, 0.1) is 17.4 Å². The predicted molar refractivity (Wildman–Crippen MR) is 69.0 cm³/mol. The number of pyridine rings is 1. The van der Waals surface area contributed by atoms with Gasteiger partial charge in [0, 0.05) is 6.20 Å². The first-order chi connectivity index (χ1) is 9.59. The van der Waals surface area contributed by atoms with Gasteiger partial charge in [0.15, 0.2) is 0 Å². The maximum absolute atomic E-state index is 12.3. The van der Waals surface area contributed by atoms with Gasteiger partial charge >= 0.3 is 5.97 Å². The van der Waals surface area contributed by atoms with Crippen LogP contribution in [0.1, 0.15) is 23.2 Å². The van der Waals surface area contributed by atoms with Crippen molar-refractivity contribution in [2.45, 2.75) is 12.8 Å². The summed E-state index contributed by atoms with van der Waals surface area (Å²) in [5.74, 6) is -2.30. The molecule has 6 nitrogen and oxygen atoms in total. The molecule has 0 radical (unpaired) electrons. The Morgan fingerprint density at radius 2 is 1.80 bits per heavy atom. The van der Waals surface area contributed by atoms with Crippen LogP contribution in [0.25, 0.3) is 0 Å². The molecule has 0 saturated carbocycles. The number of rotatable bonds is 2. The molecule has 0 aromatic carbocycles. The summed E-state index contributed by atoms with van der Waals surface area (Å²) in [6.07, 6.45) is 6.18. The van der Waals surface area contributed by atoms with Crippen molar-refractivity contribution in [2.75, 3.05) is 4.90 Å². The summed E-state index contributed by atoms with van der Waals surface area (Å²) in [6, 6.07) is 2.58. The van der Waals surface area contributed by atoms with E-state index in [1.165, 1.54) is 18.3 Å². The van der Waals surface area contributed by atoms with Gasteiger partial charge in [0.1, 0.15) is 5.82 Å². The number of carbonyl (C=O) groups excluding carboxylic acids is 2. The number of fused-ring (bicyclic) bond motifs is 1. The maximum atomic E-state index is 12.3. The van der Waals surface area contributed by atoms with E-state index < -0.39 is 5.97 Å². The summed E-state index contributed by atoms with van der Waals surface area (Å²) < 4.78 is 0. The van der Waals surface area contributed by atoms with E-state index in [1.54, 1.807) is 0 Å². The Balaban J connectivity index is 1.98. The number of hydrogen-bond acceptors (Lipinski definition) is 4.